The Kier molecular flexibility index (Phi) is 2.35. The first-order valence-corrected chi connectivity index (χ1v) is 4.81. The molecule has 0 aliphatic heterocycles. The Morgan fingerprint density at radius 3 is 2.86 bits per heavy atom. The van der Waals surface area contributed by atoms with Crippen LogP contribution in [0.5, 0.6) is 0 Å². The summed E-state index contributed by atoms with van der Waals surface area (Å²) in [5, 5.41) is 0. The number of fused-ring (bicyclic) bond motifs is 1. The molecule has 1 aliphatic carbocycles. The lowest BCUT2D eigenvalue weighted by atomic mass is 9.93. The molecule has 14 heavy (non-hydrogen) atoms. The summed E-state index contributed by atoms with van der Waals surface area (Å²) in [6.07, 6.45) is 4.79. The Morgan fingerprint density at radius 2 is 2.21 bits per heavy atom. The third-order valence-electron chi connectivity index (χ3n) is 2.23. The van der Waals surface area contributed by atoms with Crippen molar-refractivity contribution in [3.63, 3.8) is 0 Å². The first-order chi connectivity index (χ1) is 6.83. The number of hydrogen-bond donors (Lipinski definition) is 0. The minimum Gasteiger partial charge on any atom is -0.462 e. The van der Waals surface area contributed by atoms with Crippen molar-refractivity contribution < 1.29 is 9.53 Å². The molecule has 72 valence electrons. The smallest absolute Gasteiger partial charge is 0.338 e. The summed E-state index contributed by atoms with van der Waals surface area (Å²) in [7, 11) is 0. The third kappa shape index (κ3) is 1.43. The zero-order valence-corrected chi connectivity index (χ0v) is 8.12. The maximum absolute atomic E-state index is 11.6. The van der Waals surface area contributed by atoms with E-state index < -0.39 is 0 Å². The average Bonchev–Trinajstić information content (AvgIpc) is 2.15. The molecular weight excluding hydrogens is 176 g/mol. The SMILES string of the molecule is CCCOC(=O)c1cccc2c1C=C2. The van der Waals surface area contributed by atoms with E-state index in [4.69, 9.17) is 4.74 Å². The molecule has 2 rings (SSSR count). The molecule has 2 heteroatoms. The fourth-order valence-corrected chi connectivity index (χ4v) is 1.44. The van der Waals surface area contributed by atoms with Crippen LogP contribution in [-0.4, -0.2) is 12.6 Å². The standard InChI is InChI=1S/C12H12O2/c1-2-8-14-12(13)11-5-3-4-9-6-7-10(9)11/h3-7H,2,8H2,1H3. The van der Waals surface area contributed by atoms with Crippen LogP contribution in [0, 0.1) is 0 Å². The zero-order valence-electron chi connectivity index (χ0n) is 8.12. The number of rotatable bonds is 3. The lowest BCUT2D eigenvalue weighted by molar-refractivity contribution is 0.0505. The normalized spacial score (nSPS) is 11.8. The van der Waals surface area contributed by atoms with Crippen molar-refractivity contribution in [2.75, 3.05) is 6.61 Å². The molecule has 0 N–H and O–H groups in total. The summed E-state index contributed by atoms with van der Waals surface area (Å²) < 4.78 is 5.07. The van der Waals surface area contributed by atoms with Crippen molar-refractivity contribution in [3.05, 3.63) is 34.9 Å². The van der Waals surface area contributed by atoms with E-state index in [1.165, 1.54) is 0 Å². The van der Waals surface area contributed by atoms with Gasteiger partial charge in [-0.1, -0.05) is 31.2 Å². The number of esters is 1. The monoisotopic (exact) mass is 188 g/mol. The topological polar surface area (TPSA) is 26.3 Å². The summed E-state index contributed by atoms with van der Waals surface area (Å²) in [5.41, 5.74) is 2.81. The van der Waals surface area contributed by atoms with E-state index in [0.29, 0.717) is 12.2 Å². The van der Waals surface area contributed by atoms with Gasteiger partial charge in [-0.25, -0.2) is 4.79 Å². The first kappa shape index (κ1) is 9.00. The Bertz CT molecular complexity index is 391. The van der Waals surface area contributed by atoms with Gasteiger partial charge in [0.25, 0.3) is 0 Å². The van der Waals surface area contributed by atoms with Gasteiger partial charge in [0.2, 0.25) is 0 Å². The Balaban J connectivity index is 2.18. The summed E-state index contributed by atoms with van der Waals surface area (Å²) in [4.78, 5) is 11.6. The minimum absolute atomic E-state index is 0.215. The molecule has 1 aromatic carbocycles. The highest BCUT2D eigenvalue weighted by Crippen LogP contribution is 2.27. The van der Waals surface area contributed by atoms with Crippen LogP contribution in [0.15, 0.2) is 18.2 Å². The van der Waals surface area contributed by atoms with Crippen molar-refractivity contribution in [3.8, 4) is 0 Å². The largest absolute Gasteiger partial charge is 0.462 e. The third-order valence-corrected chi connectivity index (χ3v) is 2.23. The van der Waals surface area contributed by atoms with Gasteiger partial charge in [0.05, 0.1) is 12.2 Å². The summed E-state index contributed by atoms with van der Waals surface area (Å²) in [6.45, 7) is 2.47. The van der Waals surface area contributed by atoms with Gasteiger partial charge in [-0.3, -0.25) is 0 Å². The highest BCUT2D eigenvalue weighted by atomic mass is 16.5. The maximum Gasteiger partial charge on any atom is 0.338 e. The van der Waals surface area contributed by atoms with E-state index in [9.17, 15) is 4.79 Å². The molecule has 0 atom stereocenters. The molecule has 0 heterocycles. The second-order valence-corrected chi connectivity index (χ2v) is 3.28. The second-order valence-electron chi connectivity index (χ2n) is 3.28. The van der Waals surface area contributed by atoms with Crippen LogP contribution in [0.4, 0.5) is 0 Å². The zero-order chi connectivity index (χ0) is 9.97. The van der Waals surface area contributed by atoms with Crippen LogP contribution in [-0.2, 0) is 4.74 Å². The Morgan fingerprint density at radius 1 is 1.36 bits per heavy atom. The van der Waals surface area contributed by atoms with Crippen LogP contribution in [0.25, 0.3) is 12.2 Å². The van der Waals surface area contributed by atoms with Crippen molar-refractivity contribution in [2.24, 2.45) is 0 Å². The predicted octanol–water partition coefficient (Wildman–Crippen LogP) is 2.74. The van der Waals surface area contributed by atoms with Gasteiger partial charge in [-0.2, -0.15) is 0 Å². The minimum atomic E-state index is -0.215. The van der Waals surface area contributed by atoms with Gasteiger partial charge in [0, 0.05) is 0 Å². The second kappa shape index (κ2) is 3.66. The van der Waals surface area contributed by atoms with Crippen LogP contribution < -0.4 is 0 Å². The van der Waals surface area contributed by atoms with Gasteiger partial charge in [-0.15, -0.1) is 0 Å². The van der Waals surface area contributed by atoms with Gasteiger partial charge in [0.1, 0.15) is 0 Å². The number of ether oxygens (including phenoxy) is 1. The van der Waals surface area contributed by atoms with E-state index in [0.717, 1.165) is 17.5 Å². The Hall–Kier alpha value is -1.57. The highest BCUT2D eigenvalue weighted by molar-refractivity contribution is 6.00. The number of carbonyl (C=O) groups is 1. The van der Waals surface area contributed by atoms with E-state index in [-0.39, 0.29) is 5.97 Å². The van der Waals surface area contributed by atoms with Crippen molar-refractivity contribution in [1.82, 2.24) is 0 Å². The highest BCUT2D eigenvalue weighted by Gasteiger charge is 2.16. The molecule has 0 radical (unpaired) electrons. The van der Waals surface area contributed by atoms with E-state index in [1.54, 1.807) is 6.07 Å². The number of benzene rings is 1. The van der Waals surface area contributed by atoms with E-state index >= 15 is 0 Å². The predicted molar refractivity (Wildman–Crippen MR) is 55.9 cm³/mol. The van der Waals surface area contributed by atoms with Crippen LogP contribution >= 0.6 is 0 Å². The molecule has 0 fully saturated rings. The number of hydrogen-bond acceptors (Lipinski definition) is 2. The summed E-state index contributed by atoms with van der Waals surface area (Å²) in [6, 6.07) is 5.68. The lowest BCUT2D eigenvalue weighted by Gasteiger charge is -2.14. The van der Waals surface area contributed by atoms with Crippen LogP contribution in [0.2, 0.25) is 0 Å². The molecular formula is C12H12O2. The molecule has 0 amide bonds. The molecule has 0 saturated carbocycles. The Labute approximate surface area is 83.2 Å². The molecule has 0 spiro atoms. The fraction of sp³-hybridized carbons (Fsp3) is 0.250. The van der Waals surface area contributed by atoms with Crippen LogP contribution in [0.1, 0.15) is 34.8 Å². The van der Waals surface area contributed by atoms with Crippen molar-refractivity contribution in [1.29, 1.82) is 0 Å². The quantitative estimate of drug-likeness (QED) is 0.692. The van der Waals surface area contributed by atoms with E-state index in [1.807, 2.05) is 31.2 Å². The maximum atomic E-state index is 11.6. The molecule has 1 aliphatic rings. The molecule has 1 aromatic rings. The molecule has 0 saturated heterocycles. The van der Waals surface area contributed by atoms with E-state index in [2.05, 4.69) is 0 Å². The van der Waals surface area contributed by atoms with Gasteiger partial charge < -0.3 is 4.74 Å². The molecule has 2 nitrogen and oxygen atoms in total. The van der Waals surface area contributed by atoms with Crippen molar-refractivity contribution >= 4 is 18.1 Å². The average molecular weight is 188 g/mol. The number of carbonyl (C=O) groups excluding carboxylic acids is 1. The molecule has 0 aromatic heterocycles. The first-order valence-electron chi connectivity index (χ1n) is 4.81. The summed E-state index contributed by atoms with van der Waals surface area (Å²) in [5.74, 6) is -0.215. The molecule has 0 unspecified atom stereocenters. The lowest BCUT2D eigenvalue weighted by Crippen LogP contribution is -2.09. The van der Waals surface area contributed by atoms with Gasteiger partial charge in [0.15, 0.2) is 0 Å². The van der Waals surface area contributed by atoms with Crippen LogP contribution in [0.3, 0.4) is 0 Å². The molecule has 0 bridgehead atoms. The fourth-order valence-electron chi connectivity index (χ4n) is 1.44. The summed E-state index contributed by atoms with van der Waals surface area (Å²) >= 11 is 0. The van der Waals surface area contributed by atoms with Crippen molar-refractivity contribution in [2.45, 2.75) is 13.3 Å². The van der Waals surface area contributed by atoms with Gasteiger partial charge >= 0.3 is 5.97 Å². The van der Waals surface area contributed by atoms with Gasteiger partial charge in [-0.05, 0) is 23.6 Å².